The first-order valence-corrected chi connectivity index (χ1v) is 7.93. The molecule has 0 aromatic carbocycles. The summed E-state index contributed by atoms with van der Waals surface area (Å²) in [4.78, 5) is 13.0. The molecule has 0 radical (unpaired) electrons. The van der Waals surface area contributed by atoms with E-state index >= 15 is 0 Å². The number of hydrogen-bond acceptors (Lipinski definition) is 4. The van der Waals surface area contributed by atoms with Crippen LogP contribution in [0.3, 0.4) is 0 Å². The van der Waals surface area contributed by atoms with Crippen molar-refractivity contribution >= 4 is 34.3 Å². The Morgan fingerprint density at radius 1 is 1.47 bits per heavy atom. The van der Waals surface area contributed by atoms with Crippen LogP contribution in [0.25, 0.3) is 0 Å². The minimum absolute atomic E-state index is 0.00200. The number of nitrogens with zero attached hydrogens (tertiary/aromatic N) is 2. The molecule has 0 bridgehead atoms. The van der Waals surface area contributed by atoms with Gasteiger partial charge in [-0.05, 0) is 40.3 Å². The smallest absolute Gasteiger partial charge is 0.240 e. The van der Waals surface area contributed by atoms with Crippen LogP contribution >= 0.6 is 22.7 Å². The van der Waals surface area contributed by atoms with Crippen LogP contribution in [0.5, 0.6) is 0 Å². The van der Waals surface area contributed by atoms with Gasteiger partial charge in [-0.25, -0.2) is 5.01 Å². The van der Waals surface area contributed by atoms with E-state index in [0.29, 0.717) is 0 Å². The van der Waals surface area contributed by atoms with Gasteiger partial charge in [0.05, 0.1) is 16.6 Å². The zero-order valence-corrected chi connectivity index (χ0v) is 12.4. The molecule has 0 saturated heterocycles. The monoisotopic (exact) mass is 290 g/mol. The molecule has 5 heteroatoms. The topological polar surface area (TPSA) is 32.7 Å². The van der Waals surface area contributed by atoms with Gasteiger partial charge >= 0.3 is 0 Å². The van der Waals surface area contributed by atoms with Gasteiger partial charge in [0, 0.05) is 13.3 Å². The van der Waals surface area contributed by atoms with Crippen molar-refractivity contribution in [1.29, 1.82) is 0 Å². The summed E-state index contributed by atoms with van der Waals surface area (Å²) in [6.07, 6.45) is 0.803. The molecule has 19 heavy (non-hydrogen) atoms. The molecule has 3 rings (SSSR count). The van der Waals surface area contributed by atoms with Gasteiger partial charge in [0.15, 0.2) is 0 Å². The lowest BCUT2D eigenvalue weighted by Crippen LogP contribution is -2.24. The van der Waals surface area contributed by atoms with E-state index in [0.717, 1.165) is 17.0 Å². The average Bonchev–Trinajstić information content (AvgIpc) is 3.07. The van der Waals surface area contributed by atoms with E-state index in [9.17, 15) is 4.79 Å². The summed E-state index contributed by atoms with van der Waals surface area (Å²) >= 11 is 3.35. The van der Waals surface area contributed by atoms with Crippen molar-refractivity contribution in [3.05, 3.63) is 44.3 Å². The molecule has 1 aliphatic heterocycles. The molecule has 0 unspecified atom stereocenters. The highest BCUT2D eigenvalue weighted by atomic mass is 32.1. The number of hydrogen-bond donors (Lipinski definition) is 0. The maximum Gasteiger partial charge on any atom is 0.240 e. The first-order chi connectivity index (χ1) is 9.16. The van der Waals surface area contributed by atoms with E-state index in [1.807, 2.05) is 11.4 Å². The summed E-state index contributed by atoms with van der Waals surface area (Å²) in [5, 5.41) is 12.4. The minimum Gasteiger partial charge on any atom is -0.273 e. The highest BCUT2D eigenvalue weighted by molar-refractivity contribution is 7.12. The molecular weight excluding hydrogens is 276 g/mol. The SMILES string of the molecule is CC(=O)N1N=C(c2cccs2)C[C@H]1c1cscc1C. The summed E-state index contributed by atoms with van der Waals surface area (Å²) in [7, 11) is 0. The molecule has 1 aliphatic rings. The molecule has 0 N–H and O–H groups in total. The lowest BCUT2D eigenvalue weighted by molar-refractivity contribution is -0.130. The van der Waals surface area contributed by atoms with E-state index in [-0.39, 0.29) is 11.9 Å². The first kappa shape index (κ1) is 12.6. The Kier molecular flexibility index (Phi) is 3.24. The Balaban J connectivity index is 1.96. The fourth-order valence-electron chi connectivity index (χ4n) is 2.35. The number of carbonyl (C=O) groups is 1. The van der Waals surface area contributed by atoms with Gasteiger partial charge < -0.3 is 0 Å². The van der Waals surface area contributed by atoms with Crippen molar-refractivity contribution in [1.82, 2.24) is 5.01 Å². The summed E-state index contributed by atoms with van der Waals surface area (Å²) in [6.45, 7) is 3.67. The third-order valence-electron chi connectivity index (χ3n) is 3.29. The Bertz CT molecular complexity index is 628. The van der Waals surface area contributed by atoms with E-state index in [4.69, 9.17) is 0 Å². The van der Waals surface area contributed by atoms with Crippen LogP contribution in [0.4, 0.5) is 0 Å². The number of rotatable bonds is 2. The predicted octanol–water partition coefficient (Wildman–Crippen LogP) is 3.82. The predicted molar refractivity (Wildman–Crippen MR) is 79.8 cm³/mol. The molecule has 2 aromatic heterocycles. The Morgan fingerprint density at radius 3 is 2.89 bits per heavy atom. The highest BCUT2D eigenvalue weighted by Gasteiger charge is 2.32. The fraction of sp³-hybridized carbons (Fsp3) is 0.286. The van der Waals surface area contributed by atoms with Crippen molar-refractivity contribution in [2.75, 3.05) is 0 Å². The van der Waals surface area contributed by atoms with Gasteiger partial charge in [0.25, 0.3) is 0 Å². The molecule has 98 valence electrons. The molecule has 3 heterocycles. The number of thiophene rings is 2. The van der Waals surface area contributed by atoms with Gasteiger partial charge in [0.1, 0.15) is 0 Å². The normalized spacial score (nSPS) is 18.7. The van der Waals surface area contributed by atoms with E-state index in [2.05, 4.69) is 28.9 Å². The first-order valence-electron chi connectivity index (χ1n) is 6.10. The lowest BCUT2D eigenvalue weighted by atomic mass is 10.0. The summed E-state index contributed by atoms with van der Waals surface area (Å²) in [5.41, 5.74) is 3.47. The van der Waals surface area contributed by atoms with Crippen molar-refractivity contribution < 1.29 is 4.79 Å². The summed E-state index contributed by atoms with van der Waals surface area (Å²) < 4.78 is 0. The number of carbonyl (C=O) groups excluding carboxylic acids is 1. The average molecular weight is 290 g/mol. The Hall–Kier alpha value is -1.46. The van der Waals surface area contributed by atoms with Crippen molar-refractivity contribution in [3.8, 4) is 0 Å². The fourth-order valence-corrected chi connectivity index (χ4v) is 3.97. The second-order valence-corrected chi connectivity index (χ2v) is 6.31. The summed E-state index contributed by atoms with van der Waals surface area (Å²) in [5.74, 6) is 0.00200. The minimum atomic E-state index is 0.00200. The molecule has 0 spiro atoms. The van der Waals surface area contributed by atoms with Gasteiger partial charge in [0.2, 0.25) is 5.91 Å². The second kappa shape index (κ2) is 4.90. The van der Waals surface area contributed by atoms with Gasteiger partial charge in [-0.3, -0.25) is 4.79 Å². The van der Waals surface area contributed by atoms with Crippen LogP contribution in [0, 0.1) is 6.92 Å². The molecule has 0 saturated carbocycles. The van der Waals surface area contributed by atoms with E-state index in [1.54, 1.807) is 34.6 Å². The van der Waals surface area contributed by atoms with Crippen LogP contribution in [-0.2, 0) is 4.79 Å². The Morgan fingerprint density at radius 2 is 2.32 bits per heavy atom. The molecular formula is C14H14N2OS2. The van der Waals surface area contributed by atoms with Crippen LogP contribution in [0.1, 0.15) is 35.4 Å². The number of amides is 1. The second-order valence-electron chi connectivity index (χ2n) is 4.62. The van der Waals surface area contributed by atoms with Crippen LogP contribution in [-0.4, -0.2) is 16.6 Å². The largest absolute Gasteiger partial charge is 0.273 e. The molecule has 3 nitrogen and oxygen atoms in total. The third kappa shape index (κ3) is 2.24. The molecule has 1 atom stereocenters. The maximum absolute atomic E-state index is 11.8. The lowest BCUT2D eigenvalue weighted by Gasteiger charge is -2.20. The van der Waals surface area contributed by atoms with Crippen molar-refractivity contribution in [3.63, 3.8) is 0 Å². The third-order valence-corrected chi connectivity index (χ3v) is 5.09. The van der Waals surface area contributed by atoms with Crippen molar-refractivity contribution in [2.24, 2.45) is 5.10 Å². The Labute approximate surface area is 120 Å². The van der Waals surface area contributed by atoms with Gasteiger partial charge in [-0.15, -0.1) is 11.3 Å². The maximum atomic E-state index is 11.8. The van der Waals surface area contributed by atoms with Crippen LogP contribution in [0.2, 0.25) is 0 Å². The van der Waals surface area contributed by atoms with Crippen LogP contribution < -0.4 is 0 Å². The van der Waals surface area contributed by atoms with Gasteiger partial charge in [-0.2, -0.15) is 16.4 Å². The number of aryl methyl sites for hydroxylation is 1. The molecule has 1 amide bonds. The van der Waals surface area contributed by atoms with Gasteiger partial charge in [-0.1, -0.05) is 6.07 Å². The standard InChI is InChI=1S/C14H14N2OS2/c1-9-7-18-8-11(9)13-6-12(14-4-3-5-19-14)15-16(13)10(2)17/h3-5,7-8,13H,6H2,1-2H3/t13-/m0/s1. The number of hydrazone groups is 1. The van der Waals surface area contributed by atoms with Crippen LogP contribution in [0.15, 0.2) is 33.4 Å². The van der Waals surface area contributed by atoms with Crippen molar-refractivity contribution in [2.45, 2.75) is 26.3 Å². The highest BCUT2D eigenvalue weighted by Crippen LogP contribution is 2.36. The van der Waals surface area contributed by atoms with E-state index in [1.165, 1.54) is 11.1 Å². The zero-order chi connectivity index (χ0) is 13.4. The summed E-state index contributed by atoms with van der Waals surface area (Å²) in [6, 6.07) is 4.13. The molecule has 2 aromatic rings. The molecule has 0 fully saturated rings. The van der Waals surface area contributed by atoms with E-state index < -0.39 is 0 Å². The zero-order valence-electron chi connectivity index (χ0n) is 10.8. The quantitative estimate of drug-likeness (QED) is 0.827. The molecule has 0 aliphatic carbocycles.